The van der Waals surface area contributed by atoms with Crippen molar-refractivity contribution in [3.05, 3.63) is 62.2 Å². The molecule has 2 aliphatic carbocycles. The monoisotopic (exact) mass is 302 g/mol. The second kappa shape index (κ2) is 10.6. The van der Waals surface area contributed by atoms with Gasteiger partial charge in [-0.2, -0.15) is 0 Å². The van der Waals surface area contributed by atoms with Gasteiger partial charge in [0.1, 0.15) is 0 Å². The van der Waals surface area contributed by atoms with Gasteiger partial charge in [0.05, 0.1) is 13.2 Å². The van der Waals surface area contributed by atoms with Crippen LogP contribution >= 0.6 is 0 Å². The highest BCUT2D eigenvalue weighted by Crippen LogP contribution is 2.35. The lowest BCUT2D eigenvalue weighted by Crippen LogP contribution is -2.30. The van der Waals surface area contributed by atoms with E-state index in [4.69, 9.17) is 0 Å². The first kappa shape index (κ1) is 18.2. The van der Waals surface area contributed by atoms with E-state index >= 15 is 0 Å². The molecule has 4 heteroatoms. The molecule has 0 aromatic carbocycles. The lowest BCUT2D eigenvalue weighted by atomic mass is 9.93. The Kier molecular flexibility index (Phi) is 8.75. The fraction of sp³-hybridized carbons (Fsp3) is 0.444. The van der Waals surface area contributed by atoms with Gasteiger partial charge in [0.25, 0.3) is 0 Å². The van der Waals surface area contributed by atoms with E-state index < -0.39 is 0 Å². The van der Waals surface area contributed by atoms with Gasteiger partial charge < -0.3 is 20.8 Å². The Morgan fingerprint density at radius 1 is 0.591 bits per heavy atom. The van der Waals surface area contributed by atoms with Crippen LogP contribution in [0.5, 0.6) is 0 Å². The summed E-state index contributed by atoms with van der Waals surface area (Å²) in [7, 11) is 0. The third kappa shape index (κ3) is 5.80. The summed E-state index contributed by atoms with van der Waals surface area (Å²) in [5.41, 5.74) is 0. The SMILES string of the molecule is OC[C]1[CH][CH][CH][C]1CCNCCNCC[C]1[CH][CH][CH][C]1CO. The van der Waals surface area contributed by atoms with E-state index in [0.717, 1.165) is 50.9 Å². The van der Waals surface area contributed by atoms with Crippen molar-refractivity contribution >= 4 is 0 Å². The number of hydrogen-bond acceptors (Lipinski definition) is 4. The second-order valence-corrected chi connectivity index (χ2v) is 5.47. The standard InChI is InChI=1S/C18H26N2O2/c21-13-17-5-1-3-15(17)7-9-19-11-12-20-10-8-16-4-2-6-18(16)14-22/h1-6,19-22H,7-14H2. The molecule has 0 aromatic heterocycles. The molecule has 0 saturated heterocycles. The van der Waals surface area contributed by atoms with Crippen LogP contribution in [0.4, 0.5) is 0 Å². The maximum atomic E-state index is 9.18. The number of aliphatic hydroxyl groups is 2. The van der Waals surface area contributed by atoms with Crippen LogP contribution in [0.15, 0.2) is 0 Å². The fourth-order valence-electron chi connectivity index (χ4n) is 2.66. The Morgan fingerprint density at radius 3 is 1.41 bits per heavy atom. The van der Waals surface area contributed by atoms with E-state index in [1.165, 1.54) is 11.8 Å². The molecule has 0 aliphatic heterocycles. The first-order chi connectivity index (χ1) is 10.8. The summed E-state index contributed by atoms with van der Waals surface area (Å²) in [5.74, 6) is 4.54. The van der Waals surface area contributed by atoms with Crippen molar-refractivity contribution in [3.63, 3.8) is 0 Å². The van der Waals surface area contributed by atoms with Crippen LogP contribution in [0, 0.1) is 62.2 Å². The third-order valence-electron chi connectivity index (χ3n) is 3.98. The zero-order valence-electron chi connectivity index (χ0n) is 13.0. The topological polar surface area (TPSA) is 64.5 Å². The molecule has 0 bridgehead atoms. The first-order valence-corrected chi connectivity index (χ1v) is 7.95. The summed E-state index contributed by atoms with van der Waals surface area (Å²) < 4.78 is 0. The van der Waals surface area contributed by atoms with E-state index in [1.54, 1.807) is 0 Å². The Hall–Kier alpha value is -0.160. The smallest absolute Gasteiger partial charge is 0.0502 e. The summed E-state index contributed by atoms with van der Waals surface area (Å²) in [4.78, 5) is 0. The van der Waals surface area contributed by atoms with Crippen LogP contribution in [0.25, 0.3) is 0 Å². The molecule has 22 heavy (non-hydrogen) atoms. The Balaban J connectivity index is 1.40. The molecule has 0 aromatic rings. The van der Waals surface area contributed by atoms with Crippen LogP contribution in [0.3, 0.4) is 0 Å². The van der Waals surface area contributed by atoms with Gasteiger partial charge in [-0.15, -0.1) is 0 Å². The van der Waals surface area contributed by atoms with Crippen molar-refractivity contribution in [1.82, 2.24) is 10.6 Å². The molecule has 0 amide bonds. The fourth-order valence-corrected chi connectivity index (χ4v) is 2.66. The molecule has 0 atom stereocenters. The van der Waals surface area contributed by atoms with Crippen molar-refractivity contribution in [2.45, 2.75) is 12.8 Å². The molecule has 0 unspecified atom stereocenters. The van der Waals surface area contributed by atoms with Gasteiger partial charge in [-0.05, 0) is 76.3 Å². The quantitative estimate of drug-likeness (QED) is 0.419. The molecule has 2 saturated carbocycles. The zero-order valence-corrected chi connectivity index (χ0v) is 13.0. The van der Waals surface area contributed by atoms with E-state index in [0.29, 0.717) is 0 Å². The summed E-state index contributed by atoms with van der Waals surface area (Å²) in [5, 5.41) is 25.2. The third-order valence-corrected chi connectivity index (χ3v) is 3.98. The molecule has 4 N–H and O–H groups in total. The predicted octanol–water partition coefficient (Wildman–Crippen LogP) is 0.481. The van der Waals surface area contributed by atoms with Crippen molar-refractivity contribution < 1.29 is 10.2 Å². The zero-order chi connectivity index (χ0) is 15.6. The van der Waals surface area contributed by atoms with Gasteiger partial charge in [0.15, 0.2) is 0 Å². The van der Waals surface area contributed by atoms with Crippen LogP contribution < -0.4 is 10.6 Å². The van der Waals surface area contributed by atoms with E-state index in [1.807, 2.05) is 25.7 Å². The summed E-state index contributed by atoms with van der Waals surface area (Å²) in [6.07, 6.45) is 14.0. The molecule has 120 valence electrons. The Labute approximate surface area is 136 Å². The van der Waals surface area contributed by atoms with Crippen LogP contribution in [-0.2, 0) is 0 Å². The first-order valence-electron chi connectivity index (χ1n) is 7.95. The van der Waals surface area contributed by atoms with Gasteiger partial charge >= 0.3 is 0 Å². The Bertz CT molecular complexity index is 260. The van der Waals surface area contributed by atoms with Crippen LogP contribution in [-0.4, -0.2) is 49.6 Å². The highest BCUT2D eigenvalue weighted by Gasteiger charge is 2.28. The van der Waals surface area contributed by atoms with Crippen LogP contribution in [0.1, 0.15) is 12.8 Å². The van der Waals surface area contributed by atoms with Gasteiger partial charge in [0, 0.05) is 24.9 Å². The van der Waals surface area contributed by atoms with E-state index in [-0.39, 0.29) is 13.2 Å². The molecular weight excluding hydrogens is 276 g/mol. The van der Waals surface area contributed by atoms with Gasteiger partial charge in [-0.1, -0.05) is 0 Å². The summed E-state index contributed by atoms with van der Waals surface area (Å²) in [6.45, 7) is 3.97. The molecule has 2 rings (SSSR count). The summed E-state index contributed by atoms with van der Waals surface area (Å²) in [6, 6.07) is 0. The number of nitrogens with one attached hydrogen (secondary N) is 2. The van der Waals surface area contributed by atoms with Crippen molar-refractivity contribution in [2.75, 3.05) is 39.4 Å². The maximum absolute atomic E-state index is 9.18. The van der Waals surface area contributed by atoms with Crippen molar-refractivity contribution in [1.29, 1.82) is 0 Å². The lowest BCUT2D eigenvalue weighted by molar-refractivity contribution is 0.313. The van der Waals surface area contributed by atoms with Gasteiger partial charge in [-0.25, -0.2) is 0 Å². The molecule has 10 radical (unpaired) electrons. The average molecular weight is 302 g/mol. The number of aliphatic hydroxyl groups excluding tert-OH is 2. The highest BCUT2D eigenvalue weighted by atomic mass is 16.3. The minimum atomic E-state index is 0.126. The molecule has 0 heterocycles. The van der Waals surface area contributed by atoms with Crippen molar-refractivity contribution in [3.8, 4) is 0 Å². The molecular formula is C18H26N2O2. The minimum Gasteiger partial charge on any atom is -0.396 e. The lowest BCUT2D eigenvalue weighted by Gasteiger charge is -2.17. The largest absolute Gasteiger partial charge is 0.396 e. The van der Waals surface area contributed by atoms with E-state index in [9.17, 15) is 10.2 Å². The normalized spacial score (nSPS) is 22.1. The molecule has 4 nitrogen and oxygen atoms in total. The van der Waals surface area contributed by atoms with Gasteiger partial charge in [-0.3, -0.25) is 0 Å². The number of hydrogen-bond donors (Lipinski definition) is 4. The Morgan fingerprint density at radius 2 is 1.00 bits per heavy atom. The van der Waals surface area contributed by atoms with Crippen molar-refractivity contribution in [2.24, 2.45) is 0 Å². The molecule has 2 aliphatic rings. The maximum Gasteiger partial charge on any atom is 0.0502 e. The molecule has 0 spiro atoms. The average Bonchev–Trinajstić information content (AvgIpc) is 3.18. The van der Waals surface area contributed by atoms with E-state index in [2.05, 4.69) is 23.5 Å². The molecule has 2 fully saturated rings. The second-order valence-electron chi connectivity index (χ2n) is 5.47. The number of rotatable bonds is 11. The minimum absolute atomic E-state index is 0.126. The van der Waals surface area contributed by atoms with Crippen LogP contribution in [0.2, 0.25) is 0 Å². The van der Waals surface area contributed by atoms with Gasteiger partial charge in [0.2, 0.25) is 0 Å². The predicted molar refractivity (Wildman–Crippen MR) is 87.9 cm³/mol. The highest BCUT2D eigenvalue weighted by molar-refractivity contribution is 5.44. The summed E-state index contributed by atoms with van der Waals surface area (Å²) >= 11 is 0.